The lowest BCUT2D eigenvalue weighted by molar-refractivity contribution is -0.140. The number of benzene rings is 3. The van der Waals surface area contributed by atoms with E-state index in [2.05, 4.69) is 57.2 Å². The summed E-state index contributed by atoms with van der Waals surface area (Å²) < 4.78 is 6.16. The highest BCUT2D eigenvalue weighted by Gasteiger charge is 2.25. The van der Waals surface area contributed by atoms with Crippen LogP contribution in [0.1, 0.15) is 50.8 Å². The van der Waals surface area contributed by atoms with Gasteiger partial charge in [0.05, 0.1) is 0 Å². The van der Waals surface area contributed by atoms with Crippen LogP contribution in [0.5, 0.6) is 5.75 Å². The van der Waals surface area contributed by atoms with Crippen molar-refractivity contribution in [2.75, 3.05) is 0 Å². The Labute approximate surface area is 186 Å². The van der Waals surface area contributed by atoms with Crippen LogP contribution >= 0.6 is 0 Å². The summed E-state index contributed by atoms with van der Waals surface area (Å²) in [6, 6.07) is 28.3. The van der Waals surface area contributed by atoms with E-state index in [1.807, 2.05) is 60.4 Å². The van der Waals surface area contributed by atoms with Crippen molar-refractivity contribution in [3.05, 3.63) is 102 Å². The van der Waals surface area contributed by atoms with E-state index in [-0.39, 0.29) is 11.3 Å². The first-order valence-electron chi connectivity index (χ1n) is 11.0. The molecule has 162 valence electrons. The molecule has 3 heteroatoms. The minimum absolute atomic E-state index is 0.00936. The highest BCUT2D eigenvalue weighted by molar-refractivity contribution is 5.81. The van der Waals surface area contributed by atoms with E-state index >= 15 is 0 Å². The molecular weight excluding hydrogens is 382 g/mol. The van der Waals surface area contributed by atoms with Gasteiger partial charge in [-0.15, -0.1) is 0 Å². The van der Waals surface area contributed by atoms with Crippen molar-refractivity contribution in [3.8, 4) is 5.75 Å². The number of hydrogen-bond donors (Lipinski definition) is 0. The number of hydrogen-bond acceptors (Lipinski definition) is 2. The standard InChI is InChI=1S/C28H33NO2/c1-5-26(31-25-18-16-24(17-19-25)28(2,3)4)27(30)29(20-22-12-8-6-9-13-22)21-23-14-10-7-11-15-23/h6-19,26H,5,20-21H2,1-4H3. The van der Waals surface area contributed by atoms with E-state index in [1.165, 1.54) is 5.56 Å². The molecule has 0 saturated heterocycles. The van der Waals surface area contributed by atoms with Crippen LogP contribution in [0.3, 0.4) is 0 Å². The zero-order valence-electron chi connectivity index (χ0n) is 19.0. The van der Waals surface area contributed by atoms with Crippen LogP contribution in [0.4, 0.5) is 0 Å². The number of carbonyl (C=O) groups excluding carboxylic acids is 1. The van der Waals surface area contributed by atoms with Gasteiger partial charge < -0.3 is 9.64 Å². The molecule has 0 spiro atoms. The SMILES string of the molecule is CCC(Oc1ccc(C(C)(C)C)cc1)C(=O)N(Cc1ccccc1)Cc1ccccc1. The Morgan fingerprint density at radius 3 is 1.71 bits per heavy atom. The number of amides is 1. The number of rotatable bonds is 8. The Bertz CT molecular complexity index is 902. The summed E-state index contributed by atoms with van der Waals surface area (Å²) in [6.45, 7) is 9.66. The normalized spacial score (nSPS) is 12.3. The van der Waals surface area contributed by atoms with E-state index in [0.717, 1.165) is 16.9 Å². The van der Waals surface area contributed by atoms with Crippen LogP contribution in [0.25, 0.3) is 0 Å². The molecule has 0 saturated carbocycles. The average molecular weight is 416 g/mol. The second-order valence-corrected chi connectivity index (χ2v) is 8.95. The summed E-state index contributed by atoms with van der Waals surface area (Å²) in [7, 11) is 0. The van der Waals surface area contributed by atoms with E-state index in [0.29, 0.717) is 19.5 Å². The third kappa shape index (κ3) is 6.45. The van der Waals surface area contributed by atoms with Crippen molar-refractivity contribution < 1.29 is 9.53 Å². The quantitative estimate of drug-likeness (QED) is 0.428. The molecule has 3 aromatic rings. The molecule has 1 amide bonds. The Kier molecular flexibility index (Phi) is 7.51. The second-order valence-electron chi connectivity index (χ2n) is 8.95. The number of carbonyl (C=O) groups is 1. The highest BCUT2D eigenvalue weighted by atomic mass is 16.5. The Morgan fingerprint density at radius 1 is 0.806 bits per heavy atom. The third-order valence-electron chi connectivity index (χ3n) is 5.39. The van der Waals surface area contributed by atoms with Gasteiger partial charge in [0.15, 0.2) is 6.10 Å². The molecule has 0 bridgehead atoms. The lowest BCUT2D eigenvalue weighted by atomic mass is 9.87. The summed E-state index contributed by atoms with van der Waals surface area (Å²) in [4.78, 5) is 15.4. The van der Waals surface area contributed by atoms with Gasteiger partial charge in [-0.1, -0.05) is 100 Å². The Morgan fingerprint density at radius 2 is 1.29 bits per heavy atom. The monoisotopic (exact) mass is 415 g/mol. The van der Waals surface area contributed by atoms with Gasteiger partial charge in [0, 0.05) is 13.1 Å². The summed E-state index contributed by atoms with van der Waals surface area (Å²) in [5.41, 5.74) is 3.54. The molecule has 0 aliphatic rings. The maximum Gasteiger partial charge on any atom is 0.264 e. The fraction of sp³-hybridized carbons (Fsp3) is 0.321. The van der Waals surface area contributed by atoms with Gasteiger partial charge >= 0.3 is 0 Å². The van der Waals surface area contributed by atoms with Crippen LogP contribution in [-0.4, -0.2) is 16.9 Å². The van der Waals surface area contributed by atoms with Gasteiger partial charge in [0.25, 0.3) is 5.91 Å². The molecule has 1 unspecified atom stereocenters. The maximum atomic E-state index is 13.5. The molecule has 3 nitrogen and oxygen atoms in total. The van der Waals surface area contributed by atoms with Gasteiger partial charge in [-0.2, -0.15) is 0 Å². The molecule has 0 fully saturated rings. The molecular formula is C28H33NO2. The van der Waals surface area contributed by atoms with Gasteiger partial charge in [-0.3, -0.25) is 4.79 Å². The Balaban J connectivity index is 1.78. The first-order chi connectivity index (χ1) is 14.9. The smallest absolute Gasteiger partial charge is 0.264 e. The molecule has 31 heavy (non-hydrogen) atoms. The molecule has 0 aliphatic carbocycles. The first kappa shape index (κ1) is 22.6. The molecule has 0 aliphatic heterocycles. The summed E-state index contributed by atoms with van der Waals surface area (Å²) in [5.74, 6) is 0.739. The fourth-order valence-corrected chi connectivity index (χ4v) is 3.53. The molecule has 0 heterocycles. The molecule has 0 radical (unpaired) electrons. The molecule has 3 aromatic carbocycles. The van der Waals surface area contributed by atoms with Crippen molar-refractivity contribution >= 4 is 5.91 Å². The largest absolute Gasteiger partial charge is 0.481 e. The summed E-state index contributed by atoms with van der Waals surface area (Å²) in [5, 5.41) is 0. The Hall–Kier alpha value is -3.07. The van der Waals surface area contributed by atoms with Crippen LogP contribution in [0, 0.1) is 0 Å². The zero-order valence-corrected chi connectivity index (χ0v) is 19.0. The lowest BCUT2D eigenvalue weighted by Crippen LogP contribution is -2.41. The van der Waals surface area contributed by atoms with Crippen LogP contribution in [0.15, 0.2) is 84.9 Å². The van der Waals surface area contributed by atoms with E-state index in [9.17, 15) is 4.79 Å². The minimum atomic E-state index is -0.520. The lowest BCUT2D eigenvalue weighted by Gasteiger charge is -2.28. The van der Waals surface area contributed by atoms with Gasteiger partial charge in [-0.25, -0.2) is 0 Å². The van der Waals surface area contributed by atoms with Gasteiger partial charge in [0.1, 0.15) is 5.75 Å². The van der Waals surface area contributed by atoms with E-state index in [4.69, 9.17) is 4.74 Å². The average Bonchev–Trinajstić information content (AvgIpc) is 2.78. The van der Waals surface area contributed by atoms with Gasteiger partial charge in [-0.05, 0) is 40.7 Å². The summed E-state index contributed by atoms with van der Waals surface area (Å²) in [6.07, 6.45) is 0.0906. The van der Waals surface area contributed by atoms with Crippen LogP contribution < -0.4 is 4.74 Å². The predicted molar refractivity (Wildman–Crippen MR) is 127 cm³/mol. The first-order valence-corrected chi connectivity index (χ1v) is 11.0. The number of ether oxygens (including phenoxy) is 1. The van der Waals surface area contributed by atoms with Crippen LogP contribution in [-0.2, 0) is 23.3 Å². The van der Waals surface area contributed by atoms with E-state index in [1.54, 1.807) is 0 Å². The molecule has 0 N–H and O–H groups in total. The van der Waals surface area contributed by atoms with Crippen molar-refractivity contribution in [2.45, 2.75) is 58.7 Å². The molecule has 1 atom stereocenters. The second kappa shape index (κ2) is 10.3. The topological polar surface area (TPSA) is 29.5 Å². The molecule has 3 rings (SSSR count). The highest BCUT2D eigenvalue weighted by Crippen LogP contribution is 2.25. The maximum absolute atomic E-state index is 13.5. The third-order valence-corrected chi connectivity index (χ3v) is 5.39. The van der Waals surface area contributed by atoms with E-state index < -0.39 is 6.10 Å². The van der Waals surface area contributed by atoms with Gasteiger partial charge in [0.2, 0.25) is 0 Å². The summed E-state index contributed by atoms with van der Waals surface area (Å²) >= 11 is 0. The minimum Gasteiger partial charge on any atom is -0.481 e. The van der Waals surface area contributed by atoms with Crippen molar-refractivity contribution in [1.82, 2.24) is 4.90 Å². The van der Waals surface area contributed by atoms with Crippen molar-refractivity contribution in [3.63, 3.8) is 0 Å². The van der Waals surface area contributed by atoms with Crippen molar-refractivity contribution in [1.29, 1.82) is 0 Å². The zero-order chi connectivity index (χ0) is 22.3. The van der Waals surface area contributed by atoms with Crippen molar-refractivity contribution in [2.24, 2.45) is 0 Å². The predicted octanol–water partition coefficient (Wildman–Crippen LogP) is 6.37. The number of nitrogens with zero attached hydrogens (tertiary/aromatic N) is 1. The fourth-order valence-electron chi connectivity index (χ4n) is 3.53. The van der Waals surface area contributed by atoms with Crippen LogP contribution in [0.2, 0.25) is 0 Å². The molecule has 0 aromatic heterocycles.